The van der Waals surface area contributed by atoms with Crippen LogP contribution in [0.5, 0.6) is 0 Å². The van der Waals surface area contributed by atoms with Crippen LogP contribution in [-0.2, 0) is 29.1 Å². The van der Waals surface area contributed by atoms with Gasteiger partial charge < -0.3 is 14.6 Å². The highest BCUT2D eigenvalue weighted by atomic mass is 35.5. The van der Waals surface area contributed by atoms with Crippen molar-refractivity contribution in [1.29, 1.82) is 0 Å². The average Bonchev–Trinajstić information content (AvgIpc) is 3.25. The average molecular weight is 411 g/mol. The van der Waals surface area contributed by atoms with Crippen molar-refractivity contribution in [3.63, 3.8) is 0 Å². The Hall–Kier alpha value is -3.05. The Morgan fingerprint density at radius 2 is 1.72 bits per heavy atom. The number of nitrogens with one attached hydrogen (secondary N) is 1. The number of furan rings is 1. The van der Waals surface area contributed by atoms with Crippen LogP contribution in [0.15, 0.2) is 77.4 Å². The summed E-state index contributed by atoms with van der Waals surface area (Å²) in [5, 5.41) is 3.46. The van der Waals surface area contributed by atoms with E-state index in [4.69, 9.17) is 16.0 Å². The highest BCUT2D eigenvalue weighted by Crippen LogP contribution is 2.15. The zero-order chi connectivity index (χ0) is 20.6. The molecule has 0 spiro atoms. The van der Waals surface area contributed by atoms with Crippen LogP contribution in [0.25, 0.3) is 0 Å². The van der Waals surface area contributed by atoms with E-state index in [1.165, 1.54) is 0 Å². The second kappa shape index (κ2) is 9.94. The Morgan fingerprint density at radius 1 is 1.00 bits per heavy atom. The molecular weight excluding hydrogens is 388 g/mol. The molecule has 0 aliphatic heterocycles. The van der Waals surface area contributed by atoms with Gasteiger partial charge in [-0.1, -0.05) is 54.1 Å². The van der Waals surface area contributed by atoms with Crippen molar-refractivity contribution in [2.45, 2.75) is 32.5 Å². The monoisotopic (exact) mass is 410 g/mol. The van der Waals surface area contributed by atoms with Crippen molar-refractivity contribution >= 4 is 23.4 Å². The molecule has 2 amide bonds. The summed E-state index contributed by atoms with van der Waals surface area (Å²) >= 11 is 5.97. The Kier molecular flexibility index (Phi) is 7.09. The first-order valence-corrected chi connectivity index (χ1v) is 9.78. The number of benzene rings is 2. The standard InChI is InChI=1S/C23H23ClN2O3/c1-17(23(28)25-15-21-8-5-13-29-21)26(16-19-9-11-20(24)12-10-19)22(27)14-18-6-3-2-4-7-18/h2-13,17H,14-16H2,1H3,(H,25,28)/t17-/m1/s1. The molecule has 1 atom stereocenters. The summed E-state index contributed by atoms with van der Waals surface area (Å²) in [6, 6.07) is 19.7. The third-order valence-electron chi connectivity index (χ3n) is 4.65. The number of nitrogens with zero attached hydrogens (tertiary/aromatic N) is 1. The summed E-state index contributed by atoms with van der Waals surface area (Å²) in [6.07, 6.45) is 1.78. The molecule has 29 heavy (non-hydrogen) atoms. The SMILES string of the molecule is C[C@H](C(=O)NCc1ccco1)N(Cc1ccc(Cl)cc1)C(=O)Cc1ccccc1. The number of hydrogen-bond acceptors (Lipinski definition) is 3. The molecule has 150 valence electrons. The fourth-order valence-corrected chi connectivity index (χ4v) is 3.10. The molecule has 0 saturated carbocycles. The van der Waals surface area contributed by atoms with E-state index in [9.17, 15) is 9.59 Å². The molecule has 1 heterocycles. The number of carbonyl (C=O) groups excluding carboxylic acids is 2. The largest absolute Gasteiger partial charge is 0.467 e. The fraction of sp³-hybridized carbons (Fsp3) is 0.217. The summed E-state index contributed by atoms with van der Waals surface area (Å²) in [5.74, 6) is 0.300. The van der Waals surface area contributed by atoms with Gasteiger partial charge in [-0.25, -0.2) is 0 Å². The maximum absolute atomic E-state index is 13.1. The summed E-state index contributed by atoms with van der Waals surface area (Å²) in [5.41, 5.74) is 1.81. The van der Waals surface area contributed by atoms with Crippen molar-refractivity contribution in [3.05, 3.63) is 94.9 Å². The first-order chi connectivity index (χ1) is 14.0. The molecule has 2 aromatic carbocycles. The molecule has 6 heteroatoms. The van der Waals surface area contributed by atoms with E-state index >= 15 is 0 Å². The Morgan fingerprint density at radius 3 is 2.38 bits per heavy atom. The highest BCUT2D eigenvalue weighted by molar-refractivity contribution is 6.30. The zero-order valence-corrected chi connectivity index (χ0v) is 16.9. The van der Waals surface area contributed by atoms with Gasteiger partial charge in [-0.15, -0.1) is 0 Å². The Balaban J connectivity index is 1.73. The van der Waals surface area contributed by atoms with Crippen molar-refractivity contribution in [3.8, 4) is 0 Å². The maximum Gasteiger partial charge on any atom is 0.242 e. The molecule has 5 nitrogen and oxygen atoms in total. The smallest absolute Gasteiger partial charge is 0.242 e. The topological polar surface area (TPSA) is 62.6 Å². The van der Waals surface area contributed by atoms with Gasteiger partial charge in [0.25, 0.3) is 0 Å². The third kappa shape index (κ3) is 5.96. The van der Waals surface area contributed by atoms with Crippen LogP contribution < -0.4 is 5.32 Å². The van der Waals surface area contributed by atoms with Gasteiger partial charge in [-0.05, 0) is 42.3 Å². The van der Waals surface area contributed by atoms with E-state index in [1.807, 2.05) is 42.5 Å². The molecule has 0 aliphatic rings. The predicted octanol–water partition coefficient (Wildman–Crippen LogP) is 4.21. The van der Waals surface area contributed by atoms with Crippen LogP contribution in [0.2, 0.25) is 5.02 Å². The van der Waals surface area contributed by atoms with Crippen LogP contribution in [0.1, 0.15) is 23.8 Å². The molecule has 0 bridgehead atoms. The minimum absolute atomic E-state index is 0.119. The van der Waals surface area contributed by atoms with Gasteiger partial charge in [0.2, 0.25) is 11.8 Å². The summed E-state index contributed by atoms with van der Waals surface area (Å²) in [4.78, 5) is 27.4. The minimum Gasteiger partial charge on any atom is -0.467 e. The van der Waals surface area contributed by atoms with Crippen LogP contribution in [0.3, 0.4) is 0 Å². The van der Waals surface area contributed by atoms with Gasteiger partial charge in [-0.2, -0.15) is 0 Å². The van der Waals surface area contributed by atoms with Crippen LogP contribution in [0, 0.1) is 0 Å². The number of rotatable bonds is 8. The van der Waals surface area contributed by atoms with Crippen LogP contribution >= 0.6 is 11.6 Å². The first kappa shape index (κ1) is 20.7. The number of hydrogen-bond donors (Lipinski definition) is 1. The number of carbonyl (C=O) groups is 2. The van der Waals surface area contributed by atoms with Gasteiger partial charge in [0.1, 0.15) is 11.8 Å². The van der Waals surface area contributed by atoms with Gasteiger partial charge in [0.05, 0.1) is 19.2 Å². The lowest BCUT2D eigenvalue weighted by Crippen LogP contribution is -2.47. The fourth-order valence-electron chi connectivity index (χ4n) is 2.98. The van der Waals surface area contributed by atoms with Crippen molar-refractivity contribution in [2.75, 3.05) is 0 Å². The van der Waals surface area contributed by atoms with E-state index < -0.39 is 6.04 Å². The minimum atomic E-state index is -0.642. The van der Waals surface area contributed by atoms with Crippen molar-refractivity contribution in [2.24, 2.45) is 0 Å². The molecular formula is C23H23ClN2O3. The molecule has 0 unspecified atom stereocenters. The molecule has 0 aliphatic carbocycles. The molecule has 3 aromatic rings. The van der Waals surface area contributed by atoms with E-state index in [1.54, 1.807) is 42.4 Å². The molecule has 0 fully saturated rings. The summed E-state index contributed by atoms with van der Waals surface area (Å²) in [6.45, 7) is 2.33. The van der Waals surface area contributed by atoms with Crippen molar-refractivity contribution in [1.82, 2.24) is 10.2 Å². The molecule has 0 radical (unpaired) electrons. The zero-order valence-electron chi connectivity index (χ0n) is 16.2. The second-order valence-electron chi connectivity index (χ2n) is 6.78. The molecule has 3 rings (SSSR count). The molecule has 0 saturated heterocycles. The van der Waals surface area contributed by atoms with Gasteiger partial charge in [0, 0.05) is 11.6 Å². The second-order valence-corrected chi connectivity index (χ2v) is 7.22. The normalized spacial score (nSPS) is 11.7. The highest BCUT2D eigenvalue weighted by Gasteiger charge is 2.26. The number of amides is 2. The maximum atomic E-state index is 13.1. The van der Waals surface area contributed by atoms with Crippen molar-refractivity contribution < 1.29 is 14.0 Å². The lowest BCUT2D eigenvalue weighted by molar-refractivity contribution is -0.140. The predicted molar refractivity (Wildman–Crippen MR) is 112 cm³/mol. The summed E-state index contributed by atoms with van der Waals surface area (Å²) in [7, 11) is 0. The number of halogens is 1. The van der Waals surface area contributed by atoms with Crippen LogP contribution in [-0.4, -0.2) is 22.8 Å². The lowest BCUT2D eigenvalue weighted by atomic mass is 10.1. The molecule has 1 aromatic heterocycles. The van der Waals surface area contributed by atoms with Gasteiger partial charge >= 0.3 is 0 Å². The van der Waals surface area contributed by atoms with Gasteiger partial charge in [0.15, 0.2) is 0 Å². The van der Waals surface area contributed by atoms with E-state index in [2.05, 4.69) is 5.32 Å². The summed E-state index contributed by atoms with van der Waals surface area (Å²) < 4.78 is 5.25. The quantitative estimate of drug-likeness (QED) is 0.605. The van der Waals surface area contributed by atoms with Crippen LogP contribution in [0.4, 0.5) is 0 Å². The van der Waals surface area contributed by atoms with E-state index in [-0.39, 0.29) is 24.8 Å². The van der Waals surface area contributed by atoms with E-state index in [0.717, 1.165) is 11.1 Å². The lowest BCUT2D eigenvalue weighted by Gasteiger charge is -2.29. The Labute approximate surface area is 175 Å². The van der Waals surface area contributed by atoms with Gasteiger partial charge in [-0.3, -0.25) is 9.59 Å². The third-order valence-corrected chi connectivity index (χ3v) is 4.90. The molecule has 1 N–H and O–H groups in total. The first-order valence-electron chi connectivity index (χ1n) is 9.41. The Bertz CT molecular complexity index is 925. The van der Waals surface area contributed by atoms with E-state index in [0.29, 0.717) is 17.3 Å².